The summed E-state index contributed by atoms with van der Waals surface area (Å²) in [6, 6.07) is 5.10. The van der Waals surface area contributed by atoms with Crippen LogP contribution in [0.2, 0.25) is 0 Å². The number of benzene rings is 1. The second-order valence-corrected chi connectivity index (χ2v) is 5.76. The fourth-order valence-electron chi connectivity index (χ4n) is 2.97. The van der Waals surface area contributed by atoms with E-state index < -0.39 is 0 Å². The molecule has 0 aromatic heterocycles. The third kappa shape index (κ3) is 3.54. The molecule has 0 radical (unpaired) electrons. The van der Waals surface area contributed by atoms with Gasteiger partial charge in [-0.3, -0.25) is 19.3 Å². The van der Waals surface area contributed by atoms with Gasteiger partial charge in [-0.1, -0.05) is 0 Å². The lowest BCUT2D eigenvalue weighted by Crippen LogP contribution is -2.35. The SMILES string of the molecule is Cc1cc(NC(=O)C2CCCN2)ccc1N1C(=O)CCC1=O.Cl. The Morgan fingerprint density at radius 3 is 2.52 bits per heavy atom. The minimum absolute atomic E-state index is 0. The number of imide groups is 1. The van der Waals surface area contributed by atoms with Gasteiger partial charge in [0.2, 0.25) is 17.7 Å². The molecule has 0 aliphatic carbocycles. The molecule has 2 aliphatic heterocycles. The summed E-state index contributed by atoms with van der Waals surface area (Å²) in [5, 5.41) is 6.02. The van der Waals surface area contributed by atoms with E-state index in [1.165, 1.54) is 4.90 Å². The Kier molecular flexibility index (Phi) is 5.38. The Hall–Kier alpha value is -1.92. The van der Waals surface area contributed by atoms with E-state index in [4.69, 9.17) is 0 Å². The molecule has 1 aromatic carbocycles. The van der Waals surface area contributed by atoms with Crippen molar-refractivity contribution in [1.29, 1.82) is 0 Å². The summed E-state index contributed by atoms with van der Waals surface area (Å²) in [6.07, 6.45) is 2.39. The Bertz CT molecular complexity index is 625. The van der Waals surface area contributed by atoms with Crippen LogP contribution >= 0.6 is 12.4 Å². The molecule has 1 atom stereocenters. The Morgan fingerprint density at radius 2 is 1.96 bits per heavy atom. The first-order valence-corrected chi connectivity index (χ1v) is 7.57. The molecule has 1 aromatic rings. The van der Waals surface area contributed by atoms with Crippen LogP contribution in [0.25, 0.3) is 0 Å². The Balaban J connectivity index is 0.00000192. The molecule has 2 N–H and O–H groups in total. The molecule has 2 saturated heterocycles. The first-order chi connectivity index (χ1) is 10.6. The molecule has 3 amide bonds. The molecule has 3 rings (SSSR count). The average Bonchev–Trinajstić information content (AvgIpc) is 3.11. The largest absolute Gasteiger partial charge is 0.325 e. The van der Waals surface area contributed by atoms with Crippen LogP contribution in [0, 0.1) is 6.92 Å². The quantitative estimate of drug-likeness (QED) is 0.824. The predicted octanol–water partition coefficient (Wildman–Crippen LogP) is 1.76. The van der Waals surface area contributed by atoms with Gasteiger partial charge < -0.3 is 10.6 Å². The summed E-state index contributed by atoms with van der Waals surface area (Å²) in [4.78, 5) is 36.9. The van der Waals surface area contributed by atoms with Crippen molar-refractivity contribution in [3.05, 3.63) is 23.8 Å². The summed E-state index contributed by atoms with van der Waals surface area (Å²) in [7, 11) is 0. The zero-order chi connectivity index (χ0) is 15.7. The smallest absolute Gasteiger partial charge is 0.241 e. The molecular weight excluding hydrogens is 318 g/mol. The topological polar surface area (TPSA) is 78.5 Å². The molecule has 2 fully saturated rings. The van der Waals surface area contributed by atoms with Crippen LogP contribution in [0.4, 0.5) is 11.4 Å². The van der Waals surface area contributed by atoms with Crippen molar-refractivity contribution in [3.8, 4) is 0 Å². The molecule has 124 valence electrons. The van der Waals surface area contributed by atoms with Crippen LogP contribution < -0.4 is 15.5 Å². The highest BCUT2D eigenvalue weighted by Crippen LogP contribution is 2.28. The van der Waals surface area contributed by atoms with Crippen molar-refractivity contribution < 1.29 is 14.4 Å². The van der Waals surface area contributed by atoms with Crippen LogP contribution in [0.5, 0.6) is 0 Å². The van der Waals surface area contributed by atoms with Gasteiger partial charge >= 0.3 is 0 Å². The van der Waals surface area contributed by atoms with E-state index in [0.29, 0.717) is 11.4 Å². The molecule has 2 aliphatic rings. The van der Waals surface area contributed by atoms with E-state index in [0.717, 1.165) is 24.9 Å². The molecule has 6 nitrogen and oxygen atoms in total. The fraction of sp³-hybridized carbons (Fsp3) is 0.438. The van der Waals surface area contributed by atoms with E-state index in [9.17, 15) is 14.4 Å². The summed E-state index contributed by atoms with van der Waals surface area (Å²) >= 11 is 0. The van der Waals surface area contributed by atoms with E-state index in [-0.39, 0.29) is 49.0 Å². The molecule has 0 saturated carbocycles. The number of carbonyl (C=O) groups is 3. The van der Waals surface area contributed by atoms with Crippen LogP contribution in [-0.2, 0) is 14.4 Å². The van der Waals surface area contributed by atoms with Crippen molar-refractivity contribution >= 4 is 41.5 Å². The minimum atomic E-state index is -0.167. The number of halogens is 1. The van der Waals surface area contributed by atoms with Gasteiger partial charge in [-0.15, -0.1) is 12.4 Å². The van der Waals surface area contributed by atoms with Crippen molar-refractivity contribution in [2.24, 2.45) is 0 Å². The lowest BCUT2D eigenvalue weighted by atomic mass is 10.1. The minimum Gasteiger partial charge on any atom is -0.325 e. The maximum absolute atomic E-state index is 12.1. The number of anilines is 2. The monoisotopic (exact) mass is 337 g/mol. The van der Waals surface area contributed by atoms with Crippen molar-refractivity contribution in [2.45, 2.75) is 38.6 Å². The molecule has 2 heterocycles. The van der Waals surface area contributed by atoms with Gasteiger partial charge in [0.15, 0.2) is 0 Å². The number of hydrogen-bond acceptors (Lipinski definition) is 4. The van der Waals surface area contributed by atoms with Crippen molar-refractivity contribution in [3.63, 3.8) is 0 Å². The molecule has 23 heavy (non-hydrogen) atoms. The first-order valence-electron chi connectivity index (χ1n) is 7.57. The van der Waals surface area contributed by atoms with Gasteiger partial charge in [0.1, 0.15) is 0 Å². The standard InChI is InChI=1S/C16H19N3O3.ClH/c1-10-9-11(18-16(22)12-3-2-8-17-12)4-5-13(10)19-14(20)6-7-15(19)21;/h4-5,9,12,17H,2-3,6-8H2,1H3,(H,18,22);1H. The number of nitrogens with one attached hydrogen (secondary N) is 2. The predicted molar refractivity (Wildman–Crippen MR) is 89.8 cm³/mol. The van der Waals surface area contributed by atoms with Gasteiger partial charge in [-0.2, -0.15) is 0 Å². The third-order valence-electron chi connectivity index (χ3n) is 4.13. The summed E-state index contributed by atoms with van der Waals surface area (Å²) in [5.74, 6) is -0.377. The highest BCUT2D eigenvalue weighted by molar-refractivity contribution is 6.20. The second-order valence-electron chi connectivity index (χ2n) is 5.76. The van der Waals surface area contributed by atoms with Gasteiger partial charge in [-0.25, -0.2) is 0 Å². The van der Waals surface area contributed by atoms with Crippen LogP contribution in [0.3, 0.4) is 0 Å². The average molecular weight is 338 g/mol. The maximum atomic E-state index is 12.1. The number of rotatable bonds is 3. The van der Waals surface area contributed by atoms with Gasteiger partial charge in [0.25, 0.3) is 0 Å². The zero-order valence-electron chi connectivity index (χ0n) is 12.9. The van der Waals surface area contributed by atoms with E-state index >= 15 is 0 Å². The number of aryl methyl sites for hydroxylation is 1. The molecule has 1 unspecified atom stereocenters. The highest BCUT2D eigenvalue weighted by Gasteiger charge is 2.31. The van der Waals surface area contributed by atoms with Crippen molar-refractivity contribution in [2.75, 3.05) is 16.8 Å². The van der Waals surface area contributed by atoms with E-state index in [1.807, 2.05) is 6.92 Å². The number of carbonyl (C=O) groups excluding carboxylic acids is 3. The van der Waals surface area contributed by atoms with Gasteiger partial charge in [0, 0.05) is 18.5 Å². The van der Waals surface area contributed by atoms with Crippen LogP contribution in [-0.4, -0.2) is 30.3 Å². The summed E-state index contributed by atoms with van der Waals surface area (Å²) < 4.78 is 0. The van der Waals surface area contributed by atoms with Crippen molar-refractivity contribution in [1.82, 2.24) is 5.32 Å². The number of nitrogens with zero attached hydrogens (tertiary/aromatic N) is 1. The Labute approximate surface area is 141 Å². The van der Waals surface area contributed by atoms with E-state index in [2.05, 4.69) is 10.6 Å². The summed E-state index contributed by atoms with van der Waals surface area (Å²) in [5.41, 5.74) is 2.07. The normalized spacial score (nSPS) is 20.6. The first kappa shape index (κ1) is 17.4. The summed E-state index contributed by atoms with van der Waals surface area (Å²) in [6.45, 7) is 2.70. The number of hydrogen-bond donors (Lipinski definition) is 2. The second kappa shape index (κ2) is 7.10. The Morgan fingerprint density at radius 1 is 1.26 bits per heavy atom. The lowest BCUT2D eigenvalue weighted by Gasteiger charge is -2.18. The van der Waals surface area contributed by atoms with Crippen LogP contribution in [0.15, 0.2) is 18.2 Å². The third-order valence-corrected chi connectivity index (χ3v) is 4.13. The van der Waals surface area contributed by atoms with Gasteiger partial charge in [0.05, 0.1) is 11.7 Å². The van der Waals surface area contributed by atoms with Gasteiger partial charge in [-0.05, 0) is 50.1 Å². The molecule has 0 bridgehead atoms. The zero-order valence-corrected chi connectivity index (χ0v) is 13.7. The highest BCUT2D eigenvalue weighted by atomic mass is 35.5. The molecule has 0 spiro atoms. The van der Waals surface area contributed by atoms with E-state index in [1.54, 1.807) is 18.2 Å². The maximum Gasteiger partial charge on any atom is 0.241 e. The lowest BCUT2D eigenvalue weighted by molar-refractivity contribution is -0.121. The van der Waals surface area contributed by atoms with Crippen LogP contribution in [0.1, 0.15) is 31.2 Å². The fourth-order valence-corrected chi connectivity index (χ4v) is 2.97. The number of amides is 3. The molecule has 7 heteroatoms. The molecular formula is C16H20ClN3O3.